The molecule has 0 unspecified atom stereocenters. The highest BCUT2D eigenvalue weighted by Gasteiger charge is 2.36. The van der Waals surface area contributed by atoms with E-state index in [0.29, 0.717) is 0 Å². The molecule has 0 saturated heterocycles. The Hall–Kier alpha value is -4.36. The van der Waals surface area contributed by atoms with Crippen LogP contribution in [-0.2, 0) is 11.8 Å². The first-order valence-corrected chi connectivity index (χ1v) is 13.0. The predicted octanol–water partition coefficient (Wildman–Crippen LogP) is 9.33. The second-order valence-corrected chi connectivity index (χ2v) is 10.7. The molecule has 0 N–H and O–H groups in total. The van der Waals surface area contributed by atoms with Crippen LogP contribution in [0.1, 0.15) is 36.1 Å². The zero-order valence-corrected chi connectivity index (χ0v) is 21.3. The van der Waals surface area contributed by atoms with E-state index in [1.54, 1.807) is 0 Å². The number of hydrogen-bond acceptors (Lipinski definition) is 0. The molecule has 2 aliphatic rings. The van der Waals surface area contributed by atoms with Gasteiger partial charge in [-0.1, -0.05) is 105 Å². The van der Waals surface area contributed by atoms with Gasteiger partial charge in [-0.3, -0.25) is 0 Å². The monoisotopic (exact) mass is 475 g/mol. The number of para-hydroxylation sites is 1. The Bertz CT molecular complexity index is 1830. The molecule has 2 aliphatic carbocycles. The van der Waals surface area contributed by atoms with E-state index in [1.807, 2.05) is 0 Å². The van der Waals surface area contributed by atoms with Crippen molar-refractivity contribution in [1.29, 1.82) is 0 Å². The SMILES string of the molecule is C=C1C=Cc2cc(-n3c4ccccc4c4cc5c(cc43)-c3ccccc3C5(C)C)ccc2C/C=C\C=C/1. The normalized spacial score (nSPS) is 17.4. The number of hydrogen-bond donors (Lipinski definition) is 0. The second-order valence-electron chi connectivity index (χ2n) is 10.7. The molecule has 0 radical (unpaired) electrons. The van der Waals surface area contributed by atoms with Crippen LogP contribution in [0, 0.1) is 0 Å². The molecule has 1 nitrogen and oxygen atoms in total. The molecule has 0 spiro atoms. The van der Waals surface area contributed by atoms with E-state index >= 15 is 0 Å². The van der Waals surface area contributed by atoms with Crippen LogP contribution in [-0.4, -0.2) is 4.57 Å². The number of rotatable bonds is 1. The summed E-state index contributed by atoms with van der Waals surface area (Å²) in [5.41, 5.74) is 12.7. The Morgan fingerprint density at radius 1 is 0.703 bits per heavy atom. The summed E-state index contributed by atoms with van der Waals surface area (Å²) in [6.07, 6.45) is 13.6. The molecular formula is C36H29N. The maximum Gasteiger partial charge on any atom is 0.0547 e. The molecule has 4 aromatic carbocycles. The van der Waals surface area contributed by atoms with Gasteiger partial charge in [0, 0.05) is 21.9 Å². The summed E-state index contributed by atoms with van der Waals surface area (Å²) < 4.78 is 2.44. The zero-order valence-electron chi connectivity index (χ0n) is 21.3. The van der Waals surface area contributed by atoms with Gasteiger partial charge in [0.1, 0.15) is 0 Å². The first-order valence-electron chi connectivity index (χ1n) is 13.0. The number of nitrogens with zero attached hydrogens (tertiary/aromatic N) is 1. The third-order valence-electron chi connectivity index (χ3n) is 8.14. The van der Waals surface area contributed by atoms with Crippen molar-refractivity contribution >= 4 is 27.9 Å². The van der Waals surface area contributed by atoms with Crippen molar-refractivity contribution in [2.75, 3.05) is 0 Å². The van der Waals surface area contributed by atoms with Crippen molar-refractivity contribution in [2.24, 2.45) is 0 Å². The summed E-state index contributed by atoms with van der Waals surface area (Å²) in [7, 11) is 0. The fourth-order valence-corrected chi connectivity index (χ4v) is 6.21. The van der Waals surface area contributed by atoms with Gasteiger partial charge in [-0.05, 0) is 75.7 Å². The highest BCUT2D eigenvalue weighted by molar-refractivity contribution is 6.11. The highest BCUT2D eigenvalue weighted by Crippen LogP contribution is 2.50. The average molecular weight is 476 g/mol. The summed E-state index contributed by atoms with van der Waals surface area (Å²) >= 11 is 0. The predicted molar refractivity (Wildman–Crippen MR) is 159 cm³/mol. The molecule has 1 heterocycles. The first-order chi connectivity index (χ1) is 18.0. The standard InChI is InChI=1S/C36H29N/c1-24-11-5-4-6-12-25-19-20-27(21-26(25)18-17-24)37-34-16-10-8-14-29(34)31-22-33-30(23-35(31)37)28-13-7-9-15-32(28)36(33,2)3/h4-11,13-23H,1,12H2,2-3H3/b6-4-,11-5-,18-17?. The first kappa shape index (κ1) is 21.9. The van der Waals surface area contributed by atoms with Crippen molar-refractivity contribution in [3.63, 3.8) is 0 Å². The van der Waals surface area contributed by atoms with Gasteiger partial charge in [-0.25, -0.2) is 0 Å². The summed E-state index contributed by atoms with van der Waals surface area (Å²) in [4.78, 5) is 0. The van der Waals surface area contributed by atoms with Gasteiger partial charge in [0.05, 0.1) is 11.0 Å². The summed E-state index contributed by atoms with van der Waals surface area (Å²) in [6, 6.07) is 29.4. The van der Waals surface area contributed by atoms with Gasteiger partial charge in [-0.15, -0.1) is 0 Å². The average Bonchev–Trinajstić information content (AvgIpc) is 3.35. The van der Waals surface area contributed by atoms with Crippen LogP contribution in [0.3, 0.4) is 0 Å². The third kappa shape index (κ3) is 3.31. The largest absolute Gasteiger partial charge is 0.309 e. The van der Waals surface area contributed by atoms with Crippen molar-refractivity contribution in [3.8, 4) is 16.8 Å². The van der Waals surface area contributed by atoms with Gasteiger partial charge in [0.25, 0.3) is 0 Å². The molecule has 0 aliphatic heterocycles. The number of allylic oxidation sites excluding steroid dienone is 6. The Morgan fingerprint density at radius 2 is 1.54 bits per heavy atom. The van der Waals surface area contributed by atoms with Gasteiger partial charge >= 0.3 is 0 Å². The van der Waals surface area contributed by atoms with E-state index in [2.05, 4.69) is 140 Å². The van der Waals surface area contributed by atoms with E-state index in [0.717, 1.165) is 12.0 Å². The maximum atomic E-state index is 4.17. The van der Waals surface area contributed by atoms with Crippen LogP contribution < -0.4 is 0 Å². The molecule has 0 saturated carbocycles. The molecule has 5 aromatic rings. The van der Waals surface area contributed by atoms with Crippen molar-refractivity contribution in [2.45, 2.75) is 25.7 Å². The van der Waals surface area contributed by atoms with Gasteiger partial charge in [0.2, 0.25) is 0 Å². The van der Waals surface area contributed by atoms with Crippen LogP contribution in [0.15, 0.2) is 121 Å². The molecule has 0 atom stereocenters. The molecule has 0 bridgehead atoms. The van der Waals surface area contributed by atoms with Crippen molar-refractivity contribution < 1.29 is 0 Å². The second kappa shape index (κ2) is 8.08. The van der Waals surface area contributed by atoms with Gasteiger partial charge in [0.15, 0.2) is 0 Å². The highest BCUT2D eigenvalue weighted by atomic mass is 15.0. The lowest BCUT2D eigenvalue weighted by molar-refractivity contribution is 0.661. The lowest BCUT2D eigenvalue weighted by atomic mass is 9.82. The van der Waals surface area contributed by atoms with Crippen LogP contribution in [0.5, 0.6) is 0 Å². The van der Waals surface area contributed by atoms with Crippen molar-refractivity contribution in [3.05, 3.63) is 144 Å². The maximum absolute atomic E-state index is 4.17. The van der Waals surface area contributed by atoms with E-state index in [-0.39, 0.29) is 5.41 Å². The summed E-state index contributed by atoms with van der Waals surface area (Å²) in [6.45, 7) is 8.87. The van der Waals surface area contributed by atoms with E-state index in [4.69, 9.17) is 0 Å². The zero-order chi connectivity index (χ0) is 25.1. The van der Waals surface area contributed by atoms with Gasteiger partial charge in [-0.2, -0.15) is 0 Å². The topological polar surface area (TPSA) is 4.93 Å². The van der Waals surface area contributed by atoms with E-state index in [1.165, 1.54) is 60.9 Å². The summed E-state index contributed by atoms with van der Waals surface area (Å²) in [5, 5.41) is 2.61. The van der Waals surface area contributed by atoms with Crippen LogP contribution >= 0.6 is 0 Å². The molecule has 0 fully saturated rings. The fraction of sp³-hybridized carbons (Fsp3) is 0.111. The lowest BCUT2D eigenvalue weighted by Gasteiger charge is -2.21. The van der Waals surface area contributed by atoms with Crippen molar-refractivity contribution in [1.82, 2.24) is 4.57 Å². The molecule has 178 valence electrons. The number of benzene rings is 4. The summed E-state index contributed by atoms with van der Waals surface area (Å²) in [5.74, 6) is 0. The van der Waals surface area contributed by atoms with Crippen LogP contribution in [0.2, 0.25) is 0 Å². The van der Waals surface area contributed by atoms with Crippen LogP contribution in [0.25, 0.3) is 44.7 Å². The molecular weight excluding hydrogens is 446 g/mol. The minimum absolute atomic E-state index is 0.0156. The molecule has 37 heavy (non-hydrogen) atoms. The molecule has 1 heteroatoms. The van der Waals surface area contributed by atoms with Crippen LogP contribution in [0.4, 0.5) is 0 Å². The molecule has 1 aromatic heterocycles. The Balaban J connectivity index is 1.51. The molecule has 0 amide bonds. The lowest BCUT2D eigenvalue weighted by Crippen LogP contribution is -2.14. The Morgan fingerprint density at radius 3 is 2.46 bits per heavy atom. The Kier molecular flexibility index (Phi) is 4.78. The number of fused-ring (bicyclic) bond motifs is 7. The van der Waals surface area contributed by atoms with Gasteiger partial charge < -0.3 is 4.57 Å². The minimum atomic E-state index is -0.0156. The fourth-order valence-electron chi connectivity index (χ4n) is 6.21. The third-order valence-corrected chi connectivity index (χ3v) is 8.14. The Labute approximate surface area is 218 Å². The quantitative estimate of drug-likeness (QED) is 0.228. The van der Waals surface area contributed by atoms with E-state index < -0.39 is 0 Å². The minimum Gasteiger partial charge on any atom is -0.309 e. The van der Waals surface area contributed by atoms with E-state index in [9.17, 15) is 0 Å². The molecule has 7 rings (SSSR count). The number of aromatic nitrogens is 1. The smallest absolute Gasteiger partial charge is 0.0547 e.